The average molecular weight is 282 g/mol. The molecule has 0 saturated heterocycles. The van der Waals surface area contributed by atoms with Crippen LogP contribution < -0.4 is 10.6 Å². The number of nitrogens with one attached hydrogen (secondary N) is 2. The Hall–Kier alpha value is -2.11. The predicted octanol–water partition coefficient (Wildman–Crippen LogP) is 2.60. The van der Waals surface area contributed by atoms with Gasteiger partial charge in [0.2, 0.25) is 5.91 Å². The van der Waals surface area contributed by atoms with Crippen LogP contribution in [0.5, 0.6) is 0 Å². The first-order chi connectivity index (χ1) is 9.17. The van der Waals surface area contributed by atoms with Crippen molar-refractivity contribution in [1.29, 1.82) is 0 Å². The maximum atomic E-state index is 12.9. The van der Waals surface area contributed by atoms with Gasteiger partial charge in [-0.1, -0.05) is 0 Å². The molecule has 1 aromatic carbocycles. The Balaban J connectivity index is 2.46. The van der Waals surface area contributed by atoms with Crippen LogP contribution in [0.4, 0.5) is 14.9 Å². The van der Waals surface area contributed by atoms with E-state index < -0.39 is 17.6 Å². The highest BCUT2D eigenvalue weighted by molar-refractivity contribution is 5.94. The monoisotopic (exact) mass is 282 g/mol. The minimum atomic E-state index is -0.663. The molecule has 110 valence electrons. The molecule has 0 aliphatic rings. The molecule has 2 amide bonds. The molecule has 0 bridgehead atoms. The number of anilines is 1. The molecule has 0 heterocycles. The number of amides is 2. The number of halogens is 1. The number of alkyl carbamates (subject to hydrolysis) is 1. The number of rotatable bonds is 3. The summed E-state index contributed by atoms with van der Waals surface area (Å²) in [5.41, 5.74) is 0.492. The van der Waals surface area contributed by atoms with E-state index in [-0.39, 0.29) is 12.4 Å². The number of ether oxygens (including phenoxy) is 1. The van der Waals surface area contributed by atoms with E-state index in [1.807, 2.05) is 0 Å². The molecule has 0 saturated carbocycles. The minimum Gasteiger partial charge on any atom is -0.444 e. The van der Waals surface area contributed by atoms with Crippen molar-refractivity contribution in [1.82, 2.24) is 5.32 Å². The Morgan fingerprint density at radius 2 is 1.95 bits per heavy atom. The fraction of sp³-hybridized carbons (Fsp3) is 0.429. The Labute approximate surface area is 117 Å². The van der Waals surface area contributed by atoms with Gasteiger partial charge in [-0.25, -0.2) is 9.18 Å². The lowest BCUT2D eigenvalue weighted by Crippen LogP contribution is -2.37. The lowest BCUT2D eigenvalue weighted by atomic mass is 10.2. The van der Waals surface area contributed by atoms with Crippen molar-refractivity contribution in [2.75, 3.05) is 11.9 Å². The van der Waals surface area contributed by atoms with Gasteiger partial charge in [0, 0.05) is 5.69 Å². The fourth-order valence-corrected chi connectivity index (χ4v) is 1.43. The van der Waals surface area contributed by atoms with Gasteiger partial charge in [-0.2, -0.15) is 0 Å². The number of aryl methyl sites for hydroxylation is 1. The van der Waals surface area contributed by atoms with Gasteiger partial charge in [0.05, 0.1) is 0 Å². The van der Waals surface area contributed by atoms with Crippen molar-refractivity contribution < 1.29 is 18.7 Å². The Kier molecular flexibility index (Phi) is 5.07. The first-order valence-corrected chi connectivity index (χ1v) is 6.20. The van der Waals surface area contributed by atoms with Gasteiger partial charge >= 0.3 is 6.09 Å². The quantitative estimate of drug-likeness (QED) is 0.895. The molecule has 2 N–H and O–H groups in total. The van der Waals surface area contributed by atoms with Gasteiger partial charge in [0.1, 0.15) is 18.0 Å². The molecular formula is C14H19FN2O3. The van der Waals surface area contributed by atoms with Crippen molar-refractivity contribution >= 4 is 17.7 Å². The van der Waals surface area contributed by atoms with Crippen LogP contribution in [0.25, 0.3) is 0 Å². The van der Waals surface area contributed by atoms with Crippen LogP contribution in [0, 0.1) is 12.7 Å². The Morgan fingerprint density at radius 1 is 1.30 bits per heavy atom. The molecule has 5 nitrogen and oxygen atoms in total. The molecule has 0 atom stereocenters. The van der Waals surface area contributed by atoms with Gasteiger partial charge < -0.3 is 15.4 Å². The largest absolute Gasteiger partial charge is 0.444 e. The number of carbonyl (C=O) groups is 2. The molecule has 0 unspecified atom stereocenters. The van der Waals surface area contributed by atoms with Gasteiger partial charge in [-0.3, -0.25) is 4.79 Å². The van der Waals surface area contributed by atoms with E-state index in [4.69, 9.17) is 4.74 Å². The van der Waals surface area contributed by atoms with Crippen molar-refractivity contribution in [3.63, 3.8) is 0 Å². The highest BCUT2D eigenvalue weighted by Crippen LogP contribution is 2.15. The molecule has 0 aliphatic carbocycles. The number of hydrogen-bond donors (Lipinski definition) is 2. The summed E-state index contributed by atoms with van der Waals surface area (Å²) in [6, 6.07) is 4.04. The normalized spacial score (nSPS) is 10.8. The third-order valence-electron chi connectivity index (χ3n) is 2.25. The summed E-state index contributed by atoms with van der Waals surface area (Å²) in [6.07, 6.45) is -0.663. The van der Waals surface area contributed by atoms with Crippen molar-refractivity contribution in [2.24, 2.45) is 0 Å². The van der Waals surface area contributed by atoms with Crippen LogP contribution in [0.1, 0.15) is 26.3 Å². The molecule has 20 heavy (non-hydrogen) atoms. The average Bonchev–Trinajstić information content (AvgIpc) is 2.28. The highest BCUT2D eigenvalue weighted by Gasteiger charge is 2.16. The summed E-state index contributed by atoms with van der Waals surface area (Å²) in [6.45, 7) is 6.66. The van der Waals surface area contributed by atoms with Crippen LogP contribution in [0.2, 0.25) is 0 Å². The summed E-state index contributed by atoms with van der Waals surface area (Å²) in [7, 11) is 0. The van der Waals surface area contributed by atoms with E-state index in [1.54, 1.807) is 27.7 Å². The standard InChI is InChI=1S/C14H19FN2O3/c1-9-7-10(15)5-6-11(9)17-12(18)8-16-13(19)20-14(2,3)4/h5-7H,8H2,1-4H3,(H,16,19)(H,17,18). The second-order valence-corrected chi connectivity index (χ2v) is 5.36. The summed E-state index contributed by atoms with van der Waals surface area (Å²) < 4.78 is 17.9. The van der Waals surface area contributed by atoms with Gasteiger partial charge in [0.25, 0.3) is 0 Å². The summed E-state index contributed by atoms with van der Waals surface area (Å²) in [5, 5.41) is 4.92. The lowest BCUT2D eigenvalue weighted by molar-refractivity contribution is -0.115. The number of benzene rings is 1. The van der Waals surface area contributed by atoms with Crippen molar-refractivity contribution in [2.45, 2.75) is 33.3 Å². The molecule has 1 aromatic rings. The van der Waals surface area contributed by atoms with E-state index in [9.17, 15) is 14.0 Å². The topological polar surface area (TPSA) is 67.4 Å². The molecule has 6 heteroatoms. The second-order valence-electron chi connectivity index (χ2n) is 5.36. The van der Waals surface area contributed by atoms with Gasteiger partial charge in [-0.05, 0) is 51.5 Å². The maximum absolute atomic E-state index is 12.9. The van der Waals surface area contributed by atoms with E-state index in [0.717, 1.165) is 0 Å². The lowest BCUT2D eigenvalue weighted by Gasteiger charge is -2.19. The first kappa shape index (κ1) is 15.9. The van der Waals surface area contributed by atoms with Crippen molar-refractivity contribution in [3.05, 3.63) is 29.6 Å². The number of carbonyl (C=O) groups excluding carboxylic acids is 2. The van der Waals surface area contributed by atoms with Crippen LogP contribution in [-0.4, -0.2) is 24.1 Å². The molecule has 0 spiro atoms. The molecule has 0 aliphatic heterocycles. The zero-order valence-corrected chi connectivity index (χ0v) is 12.0. The molecule has 0 aromatic heterocycles. The fourth-order valence-electron chi connectivity index (χ4n) is 1.43. The smallest absolute Gasteiger partial charge is 0.408 e. The molecule has 0 fully saturated rings. The molecule has 0 radical (unpaired) electrons. The summed E-state index contributed by atoms with van der Waals surface area (Å²) in [5.74, 6) is -0.780. The van der Waals surface area contributed by atoms with E-state index in [2.05, 4.69) is 10.6 Å². The third-order valence-corrected chi connectivity index (χ3v) is 2.25. The second kappa shape index (κ2) is 6.36. The zero-order valence-electron chi connectivity index (χ0n) is 12.0. The summed E-state index contributed by atoms with van der Waals surface area (Å²) >= 11 is 0. The molecule has 1 rings (SSSR count). The highest BCUT2D eigenvalue weighted by atomic mass is 19.1. The van der Waals surface area contributed by atoms with Crippen LogP contribution in [0.15, 0.2) is 18.2 Å². The maximum Gasteiger partial charge on any atom is 0.408 e. The van der Waals surface area contributed by atoms with Crippen LogP contribution >= 0.6 is 0 Å². The van der Waals surface area contributed by atoms with Gasteiger partial charge in [-0.15, -0.1) is 0 Å². The Morgan fingerprint density at radius 3 is 2.50 bits per heavy atom. The Bertz CT molecular complexity index is 510. The third kappa shape index (κ3) is 5.69. The van der Waals surface area contributed by atoms with E-state index in [1.165, 1.54) is 18.2 Å². The van der Waals surface area contributed by atoms with Crippen molar-refractivity contribution in [3.8, 4) is 0 Å². The molecular weight excluding hydrogens is 263 g/mol. The van der Waals surface area contributed by atoms with E-state index >= 15 is 0 Å². The predicted molar refractivity (Wildman–Crippen MR) is 74.0 cm³/mol. The van der Waals surface area contributed by atoms with E-state index in [0.29, 0.717) is 11.3 Å². The van der Waals surface area contributed by atoms with Crippen LogP contribution in [0.3, 0.4) is 0 Å². The SMILES string of the molecule is Cc1cc(F)ccc1NC(=O)CNC(=O)OC(C)(C)C. The summed E-state index contributed by atoms with van der Waals surface area (Å²) in [4.78, 5) is 23.0. The van der Waals surface area contributed by atoms with Crippen LogP contribution in [-0.2, 0) is 9.53 Å². The minimum absolute atomic E-state index is 0.217. The van der Waals surface area contributed by atoms with Gasteiger partial charge in [0.15, 0.2) is 0 Å². The first-order valence-electron chi connectivity index (χ1n) is 6.20. The number of hydrogen-bond acceptors (Lipinski definition) is 3. The zero-order chi connectivity index (χ0) is 15.3.